The highest BCUT2D eigenvalue weighted by molar-refractivity contribution is 5.94. The molecule has 1 unspecified atom stereocenters. The second kappa shape index (κ2) is 9.17. The molecule has 6 heteroatoms. The summed E-state index contributed by atoms with van der Waals surface area (Å²) in [4.78, 5) is 38.4. The van der Waals surface area contributed by atoms with Crippen LogP contribution in [0.1, 0.15) is 28.8 Å². The van der Waals surface area contributed by atoms with Crippen molar-refractivity contribution in [1.29, 1.82) is 0 Å². The molecule has 2 amide bonds. The first-order valence-electron chi connectivity index (χ1n) is 9.46. The first kappa shape index (κ1) is 19.6. The molecule has 1 heterocycles. The summed E-state index contributed by atoms with van der Waals surface area (Å²) in [5.74, 6) is -1.62. The van der Waals surface area contributed by atoms with E-state index in [-0.39, 0.29) is 24.2 Å². The van der Waals surface area contributed by atoms with Gasteiger partial charge in [0.05, 0.1) is 0 Å². The van der Waals surface area contributed by atoms with Crippen molar-refractivity contribution >= 4 is 17.8 Å². The number of hydrogen-bond donors (Lipinski definition) is 2. The standard InChI is InChI=1S/C22H24N2O4/c25-20(23-19(22(27)28)15-16-7-3-1-4-8-16)17-11-13-24(14-12-17)21(26)18-9-5-2-6-10-18/h1-10,17,19H,11-15H2,(H,23,25)(H,27,28). The topological polar surface area (TPSA) is 86.7 Å². The summed E-state index contributed by atoms with van der Waals surface area (Å²) < 4.78 is 0. The van der Waals surface area contributed by atoms with Crippen LogP contribution in [0.25, 0.3) is 0 Å². The lowest BCUT2D eigenvalue weighted by atomic mass is 9.94. The average Bonchev–Trinajstić information content (AvgIpc) is 2.74. The lowest BCUT2D eigenvalue weighted by Gasteiger charge is -2.32. The van der Waals surface area contributed by atoms with E-state index in [1.54, 1.807) is 17.0 Å². The highest BCUT2D eigenvalue weighted by atomic mass is 16.4. The Morgan fingerprint density at radius 3 is 2.11 bits per heavy atom. The fourth-order valence-corrected chi connectivity index (χ4v) is 3.45. The Bertz CT molecular complexity index is 815. The number of amides is 2. The van der Waals surface area contributed by atoms with Gasteiger partial charge in [-0.2, -0.15) is 0 Å². The molecule has 6 nitrogen and oxygen atoms in total. The van der Waals surface area contributed by atoms with Gasteiger partial charge < -0.3 is 15.3 Å². The molecule has 2 N–H and O–H groups in total. The first-order valence-corrected chi connectivity index (χ1v) is 9.46. The molecule has 0 aromatic heterocycles. The fourth-order valence-electron chi connectivity index (χ4n) is 3.45. The number of nitrogens with zero attached hydrogens (tertiary/aromatic N) is 1. The van der Waals surface area contributed by atoms with Crippen molar-refractivity contribution in [3.8, 4) is 0 Å². The average molecular weight is 380 g/mol. The van der Waals surface area contributed by atoms with Gasteiger partial charge in [-0.25, -0.2) is 4.79 Å². The van der Waals surface area contributed by atoms with Crippen LogP contribution < -0.4 is 5.32 Å². The zero-order chi connectivity index (χ0) is 19.9. The third-order valence-corrected chi connectivity index (χ3v) is 5.07. The van der Waals surface area contributed by atoms with Crippen molar-refractivity contribution < 1.29 is 19.5 Å². The molecule has 28 heavy (non-hydrogen) atoms. The van der Waals surface area contributed by atoms with Gasteiger partial charge in [-0.15, -0.1) is 0 Å². The first-order chi connectivity index (χ1) is 13.5. The Kier molecular flexibility index (Phi) is 6.42. The van der Waals surface area contributed by atoms with Crippen LogP contribution in [0, 0.1) is 5.92 Å². The molecule has 2 aromatic carbocycles. The molecule has 0 saturated carbocycles. The van der Waals surface area contributed by atoms with Crippen molar-refractivity contribution in [3.63, 3.8) is 0 Å². The van der Waals surface area contributed by atoms with Gasteiger partial charge in [0.15, 0.2) is 0 Å². The Hall–Kier alpha value is -3.15. The Morgan fingerprint density at radius 1 is 0.964 bits per heavy atom. The monoisotopic (exact) mass is 380 g/mol. The summed E-state index contributed by atoms with van der Waals surface area (Å²) in [6.07, 6.45) is 1.30. The predicted octanol–water partition coefficient (Wildman–Crippen LogP) is 2.35. The van der Waals surface area contributed by atoms with Crippen LogP contribution in [0.2, 0.25) is 0 Å². The number of nitrogens with one attached hydrogen (secondary N) is 1. The van der Waals surface area contributed by atoms with E-state index in [2.05, 4.69) is 5.32 Å². The van der Waals surface area contributed by atoms with Gasteiger partial charge in [-0.3, -0.25) is 9.59 Å². The second-order valence-electron chi connectivity index (χ2n) is 7.02. The second-order valence-corrected chi connectivity index (χ2v) is 7.02. The molecule has 0 bridgehead atoms. The van der Waals surface area contributed by atoms with Crippen LogP contribution in [-0.4, -0.2) is 46.9 Å². The predicted molar refractivity (Wildman–Crippen MR) is 105 cm³/mol. The number of carboxylic acids is 1. The number of likely N-dealkylation sites (tertiary alicyclic amines) is 1. The summed E-state index contributed by atoms with van der Waals surface area (Å²) in [6.45, 7) is 0.977. The summed E-state index contributed by atoms with van der Waals surface area (Å²) in [6, 6.07) is 17.3. The number of carbonyl (C=O) groups excluding carboxylic acids is 2. The van der Waals surface area contributed by atoms with Crippen molar-refractivity contribution in [1.82, 2.24) is 10.2 Å². The quantitative estimate of drug-likeness (QED) is 0.805. The number of hydrogen-bond acceptors (Lipinski definition) is 3. The minimum absolute atomic E-state index is 0.0352. The Labute approximate surface area is 164 Å². The van der Waals surface area contributed by atoms with Gasteiger partial charge in [-0.1, -0.05) is 48.5 Å². The molecule has 0 radical (unpaired) electrons. The molecule has 1 fully saturated rings. The van der Waals surface area contributed by atoms with Crippen LogP contribution in [-0.2, 0) is 16.0 Å². The SMILES string of the molecule is O=C(NC(Cc1ccccc1)C(=O)O)C1CCN(C(=O)c2ccccc2)CC1. The van der Waals surface area contributed by atoms with E-state index >= 15 is 0 Å². The normalized spacial score (nSPS) is 15.6. The summed E-state index contributed by atoms with van der Waals surface area (Å²) in [5.41, 5.74) is 1.50. The third-order valence-electron chi connectivity index (χ3n) is 5.07. The van der Waals surface area contributed by atoms with Gasteiger partial charge >= 0.3 is 5.97 Å². The molecule has 1 atom stereocenters. The number of rotatable bonds is 6. The lowest BCUT2D eigenvalue weighted by Crippen LogP contribution is -2.48. The maximum atomic E-state index is 12.6. The minimum atomic E-state index is -1.05. The lowest BCUT2D eigenvalue weighted by molar-refractivity contribution is -0.142. The van der Waals surface area contributed by atoms with E-state index in [4.69, 9.17) is 0 Å². The van der Waals surface area contributed by atoms with Gasteiger partial charge in [-0.05, 0) is 30.5 Å². The zero-order valence-corrected chi connectivity index (χ0v) is 15.6. The summed E-state index contributed by atoms with van der Waals surface area (Å²) in [7, 11) is 0. The highest BCUT2D eigenvalue weighted by Crippen LogP contribution is 2.20. The Morgan fingerprint density at radius 2 is 1.54 bits per heavy atom. The highest BCUT2D eigenvalue weighted by Gasteiger charge is 2.30. The van der Waals surface area contributed by atoms with Crippen LogP contribution >= 0.6 is 0 Å². The largest absolute Gasteiger partial charge is 0.480 e. The molecule has 2 aromatic rings. The van der Waals surface area contributed by atoms with Gasteiger partial charge in [0.25, 0.3) is 5.91 Å². The fraction of sp³-hybridized carbons (Fsp3) is 0.318. The summed E-state index contributed by atoms with van der Waals surface area (Å²) in [5, 5.41) is 12.1. The van der Waals surface area contributed by atoms with E-state index in [0.29, 0.717) is 31.5 Å². The van der Waals surface area contributed by atoms with Crippen molar-refractivity contribution in [2.24, 2.45) is 5.92 Å². The smallest absolute Gasteiger partial charge is 0.326 e. The van der Waals surface area contributed by atoms with E-state index in [1.165, 1.54) is 0 Å². The molecule has 0 spiro atoms. The molecule has 1 aliphatic rings. The van der Waals surface area contributed by atoms with Crippen LogP contribution in [0.15, 0.2) is 60.7 Å². The number of benzene rings is 2. The number of aliphatic carboxylic acids is 1. The third kappa shape index (κ3) is 4.97. The molecule has 3 rings (SSSR count). The molecular formula is C22H24N2O4. The van der Waals surface area contributed by atoms with Crippen LogP contribution in [0.5, 0.6) is 0 Å². The minimum Gasteiger partial charge on any atom is -0.480 e. The van der Waals surface area contributed by atoms with Gasteiger partial charge in [0, 0.05) is 31.0 Å². The number of carboxylic acid groups (broad SMARTS) is 1. The van der Waals surface area contributed by atoms with Crippen LogP contribution in [0.4, 0.5) is 0 Å². The van der Waals surface area contributed by atoms with E-state index in [1.807, 2.05) is 48.5 Å². The molecular weight excluding hydrogens is 356 g/mol. The molecule has 0 aliphatic carbocycles. The van der Waals surface area contributed by atoms with Gasteiger partial charge in [0.1, 0.15) is 6.04 Å². The number of piperidine rings is 1. The Balaban J connectivity index is 1.54. The van der Waals surface area contributed by atoms with Crippen molar-refractivity contribution in [2.75, 3.05) is 13.1 Å². The van der Waals surface area contributed by atoms with E-state index in [0.717, 1.165) is 5.56 Å². The zero-order valence-electron chi connectivity index (χ0n) is 15.6. The molecule has 1 saturated heterocycles. The number of carbonyl (C=O) groups is 3. The van der Waals surface area contributed by atoms with E-state index in [9.17, 15) is 19.5 Å². The van der Waals surface area contributed by atoms with Crippen LogP contribution in [0.3, 0.4) is 0 Å². The molecule has 1 aliphatic heterocycles. The van der Waals surface area contributed by atoms with Crippen molar-refractivity contribution in [3.05, 3.63) is 71.8 Å². The summed E-state index contributed by atoms with van der Waals surface area (Å²) >= 11 is 0. The molecule has 146 valence electrons. The van der Waals surface area contributed by atoms with Gasteiger partial charge in [0.2, 0.25) is 5.91 Å². The van der Waals surface area contributed by atoms with E-state index < -0.39 is 12.0 Å². The maximum absolute atomic E-state index is 12.6. The maximum Gasteiger partial charge on any atom is 0.326 e. The van der Waals surface area contributed by atoms with Crippen molar-refractivity contribution in [2.45, 2.75) is 25.3 Å².